The molecule has 0 unspecified atom stereocenters. The molecular formula is C22H23N2O6-. The van der Waals surface area contributed by atoms with E-state index in [2.05, 4.69) is 5.32 Å². The predicted octanol–water partition coefficient (Wildman–Crippen LogP) is 2.84. The Balaban J connectivity index is 1.79. The number of carbonyl (C=O) groups is 2. The number of para-hydroxylation sites is 1. The van der Waals surface area contributed by atoms with Crippen LogP contribution in [0.5, 0.6) is 5.75 Å². The number of benzene rings is 2. The fourth-order valence-electron chi connectivity index (χ4n) is 3.72. The molecule has 2 aromatic carbocycles. The number of nitrogens with zero attached hydrogens (tertiary/aromatic N) is 1. The van der Waals surface area contributed by atoms with Gasteiger partial charge in [-0.2, -0.15) is 0 Å². The molecule has 1 aliphatic rings. The van der Waals surface area contributed by atoms with Crippen molar-refractivity contribution < 1.29 is 24.4 Å². The van der Waals surface area contributed by atoms with Gasteiger partial charge in [-0.1, -0.05) is 24.3 Å². The lowest BCUT2D eigenvalue weighted by Crippen LogP contribution is -2.34. The third-order valence-electron chi connectivity index (χ3n) is 5.23. The van der Waals surface area contributed by atoms with Crippen molar-refractivity contribution in [3.8, 4) is 5.75 Å². The van der Waals surface area contributed by atoms with Crippen LogP contribution in [0.3, 0.4) is 0 Å². The van der Waals surface area contributed by atoms with E-state index in [4.69, 9.17) is 4.74 Å². The molecule has 0 heterocycles. The SMILES string of the molecule is Cc1cccc(C(=O)N[C@H](CC(=O)[O-])c2ccc(OC3CCCC3)cc2)c1[N+](=O)[O-]. The Morgan fingerprint density at radius 3 is 2.43 bits per heavy atom. The molecule has 0 saturated heterocycles. The minimum Gasteiger partial charge on any atom is -0.550 e. The number of nitrogens with one attached hydrogen (secondary N) is 1. The fraction of sp³-hybridized carbons (Fsp3) is 0.364. The second kappa shape index (κ2) is 9.39. The number of nitro groups is 1. The number of carboxylic acids is 1. The zero-order chi connectivity index (χ0) is 21.7. The predicted molar refractivity (Wildman–Crippen MR) is 107 cm³/mol. The van der Waals surface area contributed by atoms with Gasteiger partial charge in [0.1, 0.15) is 11.3 Å². The molecule has 1 N–H and O–H groups in total. The van der Waals surface area contributed by atoms with E-state index >= 15 is 0 Å². The number of hydrogen-bond acceptors (Lipinski definition) is 6. The number of ether oxygens (including phenoxy) is 1. The number of aliphatic carboxylic acids is 1. The molecule has 0 spiro atoms. The van der Waals surface area contributed by atoms with E-state index in [9.17, 15) is 24.8 Å². The number of rotatable bonds is 8. The Morgan fingerprint density at radius 2 is 1.83 bits per heavy atom. The highest BCUT2D eigenvalue weighted by atomic mass is 16.6. The zero-order valence-electron chi connectivity index (χ0n) is 16.6. The van der Waals surface area contributed by atoms with Crippen molar-refractivity contribution in [3.05, 3.63) is 69.3 Å². The van der Waals surface area contributed by atoms with Gasteiger partial charge in [0.2, 0.25) is 0 Å². The molecular weight excluding hydrogens is 388 g/mol. The van der Waals surface area contributed by atoms with Crippen molar-refractivity contribution in [2.24, 2.45) is 0 Å². The highest BCUT2D eigenvalue weighted by Crippen LogP contribution is 2.27. The van der Waals surface area contributed by atoms with E-state index in [0.717, 1.165) is 25.7 Å². The van der Waals surface area contributed by atoms with Gasteiger partial charge in [-0.25, -0.2) is 0 Å². The van der Waals surface area contributed by atoms with Crippen molar-refractivity contribution in [1.29, 1.82) is 0 Å². The first-order valence-electron chi connectivity index (χ1n) is 9.86. The average Bonchev–Trinajstić information content (AvgIpc) is 3.20. The largest absolute Gasteiger partial charge is 0.550 e. The van der Waals surface area contributed by atoms with Crippen LogP contribution in [0.2, 0.25) is 0 Å². The van der Waals surface area contributed by atoms with Gasteiger partial charge in [-0.15, -0.1) is 0 Å². The number of amides is 1. The van der Waals surface area contributed by atoms with E-state index in [-0.39, 0.29) is 17.4 Å². The topological polar surface area (TPSA) is 122 Å². The molecule has 30 heavy (non-hydrogen) atoms. The van der Waals surface area contributed by atoms with Gasteiger partial charge in [0.25, 0.3) is 11.6 Å². The number of carboxylic acid groups (broad SMARTS) is 1. The Morgan fingerprint density at radius 1 is 1.17 bits per heavy atom. The van der Waals surface area contributed by atoms with Gasteiger partial charge in [-0.3, -0.25) is 14.9 Å². The van der Waals surface area contributed by atoms with Crippen LogP contribution in [-0.4, -0.2) is 22.9 Å². The van der Waals surface area contributed by atoms with E-state index in [1.54, 1.807) is 30.3 Å². The number of nitro benzene ring substituents is 1. The molecule has 1 fully saturated rings. The van der Waals surface area contributed by atoms with E-state index < -0.39 is 29.3 Å². The van der Waals surface area contributed by atoms with Gasteiger partial charge in [0.05, 0.1) is 17.1 Å². The molecule has 0 aromatic heterocycles. The first kappa shape index (κ1) is 21.3. The second-order valence-corrected chi connectivity index (χ2v) is 7.42. The summed E-state index contributed by atoms with van der Waals surface area (Å²) in [5.41, 5.74) is 0.464. The Labute approximate surface area is 174 Å². The monoisotopic (exact) mass is 411 g/mol. The van der Waals surface area contributed by atoms with Gasteiger partial charge in [-0.05, 0) is 56.4 Å². The average molecular weight is 411 g/mol. The van der Waals surface area contributed by atoms with Crippen molar-refractivity contribution in [3.63, 3.8) is 0 Å². The maximum absolute atomic E-state index is 12.7. The Kier molecular flexibility index (Phi) is 6.66. The Hall–Kier alpha value is -3.42. The van der Waals surface area contributed by atoms with E-state index in [1.165, 1.54) is 19.1 Å². The maximum Gasteiger partial charge on any atom is 0.285 e. The molecule has 1 amide bonds. The summed E-state index contributed by atoms with van der Waals surface area (Å²) in [6.07, 6.45) is 4.05. The summed E-state index contributed by atoms with van der Waals surface area (Å²) >= 11 is 0. The standard InChI is InChI=1S/C22H24N2O6/c1-14-5-4-8-18(21(14)24(28)29)22(27)23-19(13-20(25)26)15-9-11-17(12-10-15)30-16-6-2-3-7-16/h4-5,8-12,16,19H,2-3,6-7,13H2,1H3,(H,23,27)(H,25,26)/p-1/t19-/m1/s1. The maximum atomic E-state index is 12.7. The molecule has 8 heteroatoms. The minimum atomic E-state index is -1.34. The van der Waals surface area contributed by atoms with Crippen LogP contribution >= 0.6 is 0 Å². The van der Waals surface area contributed by atoms with Crippen molar-refractivity contribution in [2.75, 3.05) is 0 Å². The molecule has 0 radical (unpaired) electrons. The summed E-state index contributed by atoms with van der Waals surface area (Å²) in [6.45, 7) is 1.54. The lowest BCUT2D eigenvalue weighted by atomic mass is 10.0. The number of hydrogen-bond donors (Lipinski definition) is 1. The molecule has 1 saturated carbocycles. The number of carbonyl (C=O) groups excluding carboxylic acids is 2. The highest BCUT2D eigenvalue weighted by Gasteiger charge is 2.25. The minimum absolute atomic E-state index is 0.121. The molecule has 8 nitrogen and oxygen atoms in total. The molecule has 0 bridgehead atoms. The van der Waals surface area contributed by atoms with Crippen LogP contribution in [-0.2, 0) is 4.79 Å². The normalized spacial score (nSPS) is 14.8. The highest BCUT2D eigenvalue weighted by molar-refractivity contribution is 5.99. The molecule has 158 valence electrons. The molecule has 1 aliphatic carbocycles. The van der Waals surface area contributed by atoms with Crippen LogP contribution in [0, 0.1) is 17.0 Å². The lowest BCUT2D eigenvalue weighted by molar-refractivity contribution is -0.385. The van der Waals surface area contributed by atoms with Crippen LogP contribution in [0.25, 0.3) is 0 Å². The van der Waals surface area contributed by atoms with Gasteiger partial charge in [0.15, 0.2) is 0 Å². The molecule has 3 rings (SSSR count). The quantitative estimate of drug-likeness (QED) is 0.526. The third-order valence-corrected chi connectivity index (χ3v) is 5.23. The van der Waals surface area contributed by atoms with Crippen LogP contribution in [0.15, 0.2) is 42.5 Å². The zero-order valence-corrected chi connectivity index (χ0v) is 16.6. The van der Waals surface area contributed by atoms with Crippen LogP contribution in [0.4, 0.5) is 5.69 Å². The smallest absolute Gasteiger partial charge is 0.285 e. The van der Waals surface area contributed by atoms with E-state index in [0.29, 0.717) is 16.9 Å². The van der Waals surface area contributed by atoms with Gasteiger partial charge in [0, 0.05) is 18.0 Å². The van der Waals surface area contributed by atoms with Crippen molar-refractivity contribution in [1.82, 2.24) is 5.32 Å². The molecule has 2 aromatic rings. The summed E-state index contributed by atoms with van der Waals surface area (Å²) in [4.78, 5) is 34.7. The first-order chi connectivity index (χ1) is 14.3. The Bertz CT molecular complexity index is 935. The first-order valence-corrected chi connectivity index (χ1v) is 9.86. The second-order valence-electron chi connectivity index (χ2n) is 7.42. The molecule has 1 atom stereocenters. The lowest BCUT2D eigenvalue weighted by Gasteiger charge is -2.21. The van der Waals surface area contributed by atoms with Crippen molar-refractivity contribution >= 4 is 17.6 Å². The summed E-state index contributed by atoms with van der Waals surface area (Å²) in [6, 6.07) is 10.4. The summed E-state index contributed by atoms with van der Waals surface area (Å²) in [5.74, 6) is -1.38. The summed E-state index contributed by atoms with van der Waals surface area (Å²) < 4.78 is 5.91. The van der Waals surface area contributed by atoms with E-state index in [1.807, 2.05) is 0 Å². The van der Waals surface area contributed by atoms with Crippen LogP contribution in [0.1, 0.15) is 59.6 Å². The summed E-state index contributed by atoms with van der Waals surface area (Å²) in [5, 5.41) is 25.2. The van der Waals surface area contributed by atoms with Crippen LogP contribution < -0.4 is 15.2 Å². The van der Waals surface area contributed by atoms with Crippen molar-refractivity contribution in [2.45, 2.75) is 51.2 Å². The third kappa shape index (κ3) is 5.14. The number of aryl methyl sites for hydroxylation is 1. The van der Waals surface area contributed by atoms with Gasteiger partial charge >= 0.3 is 0 Å². The van der Waals surface area contributed by atoms with Gasteiger partial charge < -0.3 is 20.0 Å². The molecule has 0 aliphatic heterocycles. The fourth-order valence-corrected chi connectivity index (χ4v) is 3.72. The summed E-state index contributed by atoms with van der Waals surface area (Å²) in [7, 11) is 0.